The first kappa shape index (κ1) is 35.9. The van der Waals surface area contributed by atoms with E-state index in [1.54, 1.807) is 29.5 Å². The molecule has 11 rings (SSSR count). The minimum Gasteiger partial charge on any atom is 3.00 e. The number of aryl methyl sites for hydroxylation is 2. The van der Waals surface area contributed by atoms with Gasteiger partial charge in [0.15, 0.2) is 0 Å². The number of pyridine rings is 2. The molecule has 0 amide bonds. The fourth-order valence-electron chi connectivity index (χ4n) is 7.83. The molecule has 5 heterocycles. The maximum absolute atomic E-state index is 14.7. The minimum atomic E-state index is -2.08. The van der Waals surface area contributed by atoms with Crippen molar-refractivity contribution in [3.05, 3.63) is 174 Å². The first-order valence-electron chi connectivity index (χ1n) is 20.6. The molecule has 1 aliphatic heterocycles. The Morgan fingerprint density at radius 2 is 1.64 bits per heavy atom. The van der Waals surface area contributed by atoms with Crippen molar-refractivity contribution < 1.29 is 28.6 Å². The van der Waals surface area contributed by atoms with Crippen LogP contribution in [0.1, 0.15) is 27.0 Å². The molecule has 9 heteroatoms. The molecular formula is C50H38FGeIrN4S2. The third-order valence-electron chi connectivity index (χ3n) is 10.8. The van der Waals surface area contributed by atoms with Crippen molar-refractivity contribution in [2.24, 2.45) is 0 Å². The van der Waals surface area contributed by atoms with E-state index in [-0.39, 0.29) is 32.1 Å². The van der Waals surface area contributed by atoms with Gasteiger partial charge in [0.25, 0.3) is 0 Å². The Hall–Kier alpha value is -4.96. The smallest absolute Gasteiger partial charge is 3.00 e. The topological polar surface area (TPSA) is 43.1 Å². The molecule has 0 spiro atoms. The zero-order valence-corrected chi connectivity index (χ0v) is 38.7. The van der Waals surface area contributed by atoms with Crippen LogP contribution in [0.15, 0.2) is 134 Å². The van der Waals surface area contributed by atoms with Crippen LogP contribution in [0.3, 0.4) is 0 Å². The van der Waals surface area contributed by atoms with Gasteiger partial charge in [0.2, 0.25) is 0 Å². The monoisotopic (exact) mass is 1050 g/mol. The fraction of sp³-hybridized carbons (Fsp3) is 0.120. The molecular weight excluding hydrogens is 1000 g/mol. The second-order valence-electron chi connectivity index (χ2n) is 15.6. The van der Waals surface area contributed by atoms with Crippen LogP contribution < -0.4 is 9.30 Å². The normalized spacial score (nSPS) is 14.7. The van der Waals surface area contributed by atoms with Crippen LogP contribution in [0.2, 0.25) is 17.3 Å². The van der Waals surface area contributed by atoms with E-state index in [1.165, 1.54) is 42.3 Å². The molecule has 59 heavy (non-hydrogen) atoms. The zero-order chi connectivity index (χ0) is 42.2. The Kier molecular flexibility index (Phi) is 9.49. The van der Waals surface area contributed by atoms with Crippen LogP contribution in [0.5, 0.6) is 0 Å². The summed E-state index contributed by atoms with van der Waals surface area (Å²) in [6.45, 7) is 0.114. The Labute approximate surface area is 371 Å². The van der Waals surface area contributed by atoms with Gasteiger partial charge in [-0.1, -0.05) is 53.2 Å². The van der Waals surface area contributed by atoms with E-state index < -0.39 is 20.1 Å². The number of hydrogen-bond donors (Lipinski definition) is 0. The second kappa shape index (κ2) is 15.6. The van der Waals surface area contributed by atoms with E-state index in [4.69, 9.17) is 14.4 Å². The van der Waals surface area contributed by atoms with Crippen LogP contribution in [-0.2, 0) is 20.1 Å². The minimum absolute atomic E-state index is 0. The fourth-order valence-corrected chi connectivity index (χ4v) is 12.5. The Bertz CT molecular complexity index is 3250. The van der Waals surface area contributed by atoms with E-state index in [0.717, 1.165) is 54.2 Å². The average molecular weight is 1050 g/mol. The first-order chi connectivity index (χ1) is 29.3. The number of para-hydroxylation sites is 2. The van der Waals surface area contributed by atoms with Crippen LogP contribution in [0.25, 0.3) is 68.0 Å². The van der Waals surface area contributed by atoms with Gasteiger partial charge in [0.05, 0.1) is 15.9 Å². The molecule has 1 atom stereocenters. The number of hydrogen-bond acceptors (Lipinski definition) is 5. The van der Waals surface area contributed by atoms with E-state index in [1.807, 2.05) is 47.9 Å². The summed E-state index contributed by atoms with van der Waals surface area (Å²) >= 11 is 1.64. The molecule has 0 bridgehead atoms. The summed E-state index contributed by atoms with van der Waals surface area (Å²) in [7, 11) is 0. The van der Waals surface area contributed by atoms with Gasteiger partial charge in [-0.25, -0.2) is 9.37 Å². The predicted octanol–water partition coefficient (Wildman–Crippen LogP) is 14.5. The zero-order valence-electron chi connectivity index (χ0n) is 35.6. The Balaban J connectivity index is 0.000000198. The van der Waals surface area contributed by atoms with Crippen molar-refractivity contribution in [1.82, 2.24) is 9.97 Å². The van der Waals surface area contributed by atoms with Crippen molar-refractivity contribution in [3.8, 4) is 11.3 Å². The molecule has 4 nitrogen and oxygen atoms in total. The number of benzene rings is 6. The number of thiophene rings is 2. The number of rotatable bonds is 4. The number of aromatic nitrogens is 2. The summed E-state index contributed by atoms with van der Waals surface area (Å²) in [6, 6.07) is 48.1. The summed E-state index contributed by atoms with van der Waals surface area (Å²) in [4.78, 5) is 12.6. The summed E-state index contributed by atoms with van der Waals surface area (Å²) < 4.78 is 41.7. The quantitative estimate of drug-likeness (QED) is 0.130. The molecule has 290 valence electrons. The summed E-state index contributed by atoms with van der Waals surface area (Å²) in [5.74, 6) is 6.73. The van der Waals surface area contributed by atoms with Gasteiger partial charge in [-0.05, 0) is 60.4 Å². The maximum atomic E-state index is 14.7. The van der Waals surface area contributed by atoms with Gasteiger partial charge in [-0.2, -0.15) is 29.5 Å². The standard InChI is InChI=1S/C35H20FN3S2.C15H18GeN.Ir/c1-19-16-17-29(33-31(19)21-8-2-5-15-30(21)40-33)39-28-14-4-3-12-27(28)37-34(39)22-10-6-9-20-23-18-24-25(36)11-7-13-26(24)38-35(23)41-32(20)22;1-12-5-7-13(8-6-12)15-10-9-14(11-17-15)16(2,3)4;/h2-9,11-18,34H,1H3;5-7,9-11H,1-4H3;/q-2;-1;+3/i;1D3;. The molecule has 6 aromatic carbocycles. The van der Waals surface area contributed by atoms with Gasteiger partial charge >= 0.3 is 130 Å². The number of anilines is 2. The van der Waals surface area contributed by atoms with Crippen molar-refractivity contribution in [3.63, 3.8) is 0 Å². The molecule has 0 radical (unpaired) electrons. The summed E-state index contributed by atoms with van der Waals surface area (Å²) in [5, 5.41) is 10.4. The summed E-state index contributed by atoms with van der Waals surface area (Å²) in [5.41, 5.74) is 8.09. The summed E-state index contributed by atoms with van der Waals surface area (Å²) in [6.07, 6.45) is 1.65. The van der Waals surface area contributed by atoms with Gasteiger partial charge in [-0.3, -0.25) is 0 Å². The van der Waals surface area contributed by atoms with E-state index in [2.05, 4.69) is 113 Å². The molecule has 0 saturated heterocycles. The molecule has 0 saturated carbocycles. The van der Waals surface area contributed by atoms with Gasteiger partial charge in [0.1, 0.15) is 10.6 Å². The van der Waals surface area contributed by atoms with E-state index >= 15 is 0 Å². The number of nitrogens with zero attached hydrogens (tertiary/aromatic N) is 4. The Morgan fingerprint density at radius 3 is 2.44 bits per heavy atom. The Morgan fingerprint density at radius 1 is 0.797 bits per heavy atom. The van der Waals surface area contributed by atoms with Crippen LogP contribution >= 0.6 is 22.7 Å². The van der Waals surface area contributed by atoms with Crippen molar-refractivity contribution in [2.75, 3.05) is 4.90 Å². The maximum Gasteiger partial charge on any atom is 3.00 e. The van der Waals surface area contributed by atoms with Gasteiger partial charge in [-0.15, -0.1) is 28.0 Å². The molecule has 4 aromatic heterocycles. The largest absolute Gasteiger partial charge is 3.00 e. The van der Waals surface area contributed by atoms with Crippen molar-refractivity contribution >= 4 is 109 Å². The first-order valence-corrected chi connectivity index (χ1v) is 28.1. The predicted molar refractivity (Wildman–Crippen MR) is 248 cm³/mol. The average Bonchev–Trinajstić information content (AvgIpc) is 3.95. The molecule has 10 aromatic rings. The van der Waals surface area contributed by atoms with Crippen molar-refractivity contribution in [2.45, 2.75) is 37.2 Å². The van der Waals surface area contributed by atoms with E-state index in [0.29, 0.717) is 16.5 Å². The third kappa shape index (κ3) is 7.05. The molecule has 1 aliphatic rings. The molecule has 1 unspecified atom stereocenters. The van der Waals surface area contributed by atoms with E-state index in [9.17, 15) is 4.39 Å². The van der Waals surface area contributed by atoms with Crippen molar-refractivity contribution in [1.29, 1.82) is 0 Å². The number of fused-ring (bicyclic) bond motifs is 8. The second-order valence-corrected chi connectivity index (χ2v) is 28.3. The number of halogens is 1. The van der Waals surface area contributed by atoms with Gasteiger partial charge < -0.3 is 10.2 Å². The van der Waals surface area contributed by atoms with Crippen LogP contribution in [0.4, 0.5) is 21.5 Å². The van der Waals surface area contributed by atoms with Crippen LogP contribution in [-0.4, -0.2) is 23.2 Å². The molecule has 0 N–H and O–H groups in total. The van der Waals surface area contributed by atoms with Gasteiger partial charge in [0, 0.05) is 26.5 Å². The third-order valence-corrected chi connectivity index (χ3v) is 17.4. The molecule has 0 fully saturated rings. The SMILES string of the molecule is Cc1ccc(N2c3ccccc3[N-]C2c2[c-]ccc3c2sc2nc4cccc(F)c4cc23)c2sc3ccccc3c12.[2H]C([2H])([2H])c1c[c-]c(-c2cc[c]([Ge]([CH3])([CH3])[CH3])cn2)cc1.[Ir+3]. The molecule has 0 aliphatic carbocycles. The van der Waals surface area contributed by atoms with Crippen LogP contribution in [0, 0.1) is 31.7 Å².